The molecule has 0 amide bonds. The van der Waals surface area contributed by atoms with Crippen molar-refractivity contribution in [2.75, 3.05) is 6.54 Å². The lowest BCUT2D eigenvalue weighted by atomic mass is 9.99. The van der Waals surface area contributed by atoms with Crippen molar-refractivity contribution in [2.45, 2.75) is 72.2 Å². The number of hydrogen-bond acceptors (Lipinski definition) is 5. The van der Waals surface area contributed by atoms with E-state index in [1.54, 1.807) is 13.0 Å². The van der Waals surface area contributed by atoms with Crippen molar-refractivity contribution in [3.05, 3.63) is 53.0 Å². The van der Waals surface area contributed by atoms with Gasteiger partial charge in [0, 0.05) is 17.3 Å². The molecule has 5 nitrogen and oxygen atoms in total. The number of allylic oxidation sites excluding steroid dienone is 2. The number of halogens is 5. The third-order valence-electron chi connectivity index (χ3n) is 5.18. The summed E-state index contributed by atoms with van der Waals surface area (Å²) in [6.07, 6.45) is 2.49. The molecular weight excluding hydrogens is 467 g/mol. The van der Waals surface area contributed by atoms with Crippen LogP contribution >= 0.6 is 0 Å². The molecule has 0 aliphatic carbocycles. The summed E-state index contributed by atoms with van der Waals surface area (Å²) >= 11 is 0. The molecule has 1 aromatic rings. The van der Waals surface area contributed by atoms with Crippen molar-refractivity contribution >= 4 is 11.4 Å². The highest BCUT2D eigenvalue weighted by atomic mass is 19.4. The smallest absolute Gasteiger partial charge is 0.416 e. The molecule has 0 spiro atoms. The number of rotatable bonds is 11. The first-order valence-electron chi connectivity index (χ1n) is 11.6. The van der Waals surface area contributed by atoms with E-state index < -0.39 is 24.1 Å². The summed E-state index contributed by atoms with van der Waals surface area (Å²) < 4.78 is 70.2. The summed E-state index contributed by atoms with van der Waals surface area (Å²) in [5, 5.41) is 3.44. The molecular formula is C25H33F5N4O. The molecule has 1 aromatic carbocycles. The Kier molecular flexibility index (Phi) is 10.3. The Morgan fingerprint density at radius 1 is 1.26 bits per heavy atom. The molecule has 35 heavy (non-hydrogen) atoms. The minimum Gasteiger partial charge on any atom is -0.434 e. The largest absolute Gasteiger partial charge is 0.434 e. The Labute approximate surface area is 203 Å². The van der Waals surface area contributed by atoms with Crippen LogP contribution < -0.4 is 15.8 Å². The molecule has 0 radical (unpaired) electrons. The van der Waals surface area contributed by atoms with Gasteiger partial charge in [-0.1, -0.05) is 33.6 Å². The van der Waals surface area contributed by atoms with Gasteiger partial charge in [0.1, 0.15) is 11.6 Å². The number of ether oxygens (including phenoxy) is 1. The third kappa shape index (κ3) is 8.99. The van der Waals surface area contributed by atoms with Gasteiger partial charge in [-0.3, -0.25) is 4.99 Å². The summed E-state index contributed by atoms with van der Waals surface area (Å²) in [6.45, 7) is 4.82. The van der Waals surface area contributed by atoms with Crippen LogP contribution in [0, 0.1) is 5.92 Å². The fourth-order valence-corrected chi connectivity index (χ4v) is 3.73. The van der Waals surface area contributed by atoms with Gasteiger partial charge < -0.3 is 15.8 Å². The van der Waals surface area contributed by atoms with Gasteiger partial charge in [0.25, 0.3) is 0 Å². The van der Waals surface area contributed by atoms with Crippen LogP contribution in [0.1, 0.15) is 64.5 Å². The minimum atomic E-state index is -4.72. The lowest BCUT2D eigenvalue weighted by Crippen LogP contribution is -2.30. The zero-order chi connectivity index (χ0) is 26.2. The van der Waals surface area contributed by atoms with Gasteiger partial charge in [-0.25, -0.2) is 4.99 Å². The zero-order valence-corrected chi connectivity index (χ0v) is 20.4. The second-order valence-corrected chi connectivity index (χ2v) is 8.86. The van der Waals surface area contributed by atoms with Gasteiger partial charge in [-0.15, -0.1) is 0 Å². The summed E-state index contributed by atoms with van der Waals surface area (Å²) in [4.78, 5) is 9.07. The maximum absolute atomic E-state index is 13.2. The number of nitrogens with zero attached hydrogens (tertiary/aromatic N) is 2. The topological polar surface area (TPSA) is 72.0 Å². The van der Waals surface area contributed by atoms with E-state index in [0.717, 1.165) is 37.8 Å². The van der Waals surface area contributed by atoms with Crippen molar-refractivity contribution in [3.8, 4) is 5.75 Å². The maximum Gasteiger partial charge on any atom is 0.416 e. The molecule has 0 bridgehead atoms. The third-order valence-corrected chi connectivity index (χ3v) is 5.18. The highest BCUT2D eigenvalue weighted by Gasteiger charge is 2.32. The van der Waals surface area contributed by atoms with Crippen LogP contribution in [0.25, 0.3) is 0 Å². The van der Waals surface area contributed by atoms with Crippen LogP contribution in [0.5, 0.6) is 5.75 Å². The van der Waals surface area contributed by atoms with E-state index in [1.807, 2.05) is 0 Å². The monoisotopic (exact) mass is 500 g/mol. The molecule has 10 heteroatoms. The van der Waals surface area contributed by atoms with Crippen molar-refractivity contribution in [3.63, 3.8) is 0 Å². The highest BCUT2D eigenvalue weighted by Crippen LogP contribution is 2.34. The van der Waals surface area contributed by atoms with Crippen LogP contribution in [0.15, 0.2) is 51.9 Å². The van der Waals surface area contributed by atoms with Crippen LogP contribution in [0.3, 0.4) is 0 Å². The number of nitrogens with two attached hydrogens (primary N) is 1. The number of benzene rings is 1. The highest BCUT2D eigenvalue weighted by molar-refractivity contribution is 6.52. The van der Waals surface area contributed by atoms with E-state index in [0.29, 0.717) is 23.5 Å². The van der Waals surface area contributed by atoms with Crippen molar-refractivity contribution < 1.29 is 26.7 Å². The summed E-state index contributed by atoms with van der Waals surface area (Å²) in [5.41, 5.74) is 5.45. The van der Waals surface area contributed by atoms with E-state index in [1.165, 1.54) is 6.08 Å². The Morgan fingerprint density at radius 3 is 2.54 bits per heavy atom. The first-order valence-corrected chi connectivity index (χ1v) is 11.6. The average molecular weight is 501 g/mol. The normalized spacial score (nSPS) is 16.0. The molecule has 194 valence electrons. The molecule has 1 aliphatic rings. The predicted octanol–water partition coefficient (Wildman–Crippen LogP) is 6.45. The molecule has 3 N–H and O–H groups in total. The van der Waals surface area contributed by atoms with Crippen LogP contribution in [0.4, 0.5) is 22.0 Å². The van der Waals surface area contributed by atoms with Gasteiger partial charge in [0.05, 0.1) is 23.5 Å². The zero-order valence-electron chi connectivity index (χ0n) is 20.4. The lowest BCUT2D eigenvalue weighted by molar-refractivity contribution is -0.138. The molecule has 2 rings (SSSR count). The standard InChI is InChI=1S/C25H33F5N4O/c1-5-6-7-18(12-15(2)3)33-22-10-11-32-23(20(34-22)13-16(4)31)19-9-8-17(25(28,29)30)14-21(19)35-24(26)27/h8-10,13-15,18,24,33H,5-7,11-12,31H2,1-4H3/b16-13-. The summed E-state index contributed by atoms with van der Waals surface area (Å²) in [7, 11) is 0. The van der Waals surface area contributed by atoms with Crippen molar-refractivity contribution in [1.29, 1.82) is 0 Å². The van der Waals surface area contributed by atoms with Gasteiger partial charge in [-0.2, -0.15) is 22.0 Å². The van der Waals surface area contributed by atoms with Gasteiger partial charge in [0.2, 0.25) is 0 Å². The second kappa shape index (κ2) is 12.7. The van der Waals surface area contributed by atoms with Crippen LogP contribution in [-0.4, -0.2) is 30.6 Å². The fraction of sp³-hybridized carbons (Fsp3) is 0.520. The number of nitrogens with one attached hydrogen (secondary N) is 1. The lowest BCUT2D eigenvalue weighted by Gasteiger charge is -2.22. The Hall–Kier alpha value is -2.91. The molecule has 0 fully saturated rings. The van der Waals surface area contributed by atoms with Crippen LogP contribution in [0.2, 0.25) is 0 Å². The molecule has 1 aliphatic heterocycles. The van der Waals surface area contributed by atoms with Gasteiger partial charge in [-0.05, 0) is 56.0 Å². The summed E-state index contributed by atoms with van der Waals surface area (Å²) in [5.74, 6) is 0.362. The minimum absolute atomic E-state index is 0.0334. The molecule has 0 saturated carbocycles. The predicted molar refractivity (Wildman–Crippen MR) is 129 cm³/mol. The van der Waals surface area contributed by atoms with E-state index >= 15 is 0 Å². The first kappa shape index (κ1) is 28.3. The van der Waals surface area contributed by atoms with Gasteiger partial charge in [0.15, 0.2) is 0 Å². The number of unbranched alkanes of at least 4 members (excludes halogenated alkanes) is 1. The van der Waals surface area contributed by atoms with E-state index in [-0.39, 0.29) is 29.6 Å². The molecule has 1 atom stereocenters. The van der Waals surface area contributed by atoms with Gasteiger partial charge >= 0.3 is 12.8 Å². The van der Waals surface area contributed by atoms with E-state index in [2.05, 4.69) is 40.8 Å². The molecule has 0 saturated heterocycles. The molecule has 1 heterocycles. The van der Waals surface area contributed by atoms with Crippen LogP contribution in [-0.2, 0) is 6.18 Å². The number of aliphatic imine (C=N–C) groups is 2. The van der Waals surface area contributed by atoms with E-state index in [4.69, 9.17) is 5.73 Å². The van der Waals surface area contributed by atoms with Crippen molar-refractivity contribution in [1.82, 2.24) is 5.32 Å². The fourth-order valence-electron chi connectivity index (χ4n) is 3.73. The van der Waals surface area contributed by atoms with E-state index in [9.17, 15) is 22.0 Å². The summed E-state index contributed by atoms with van der Waals surface area (Å²) in [6, 6.07) is 2.57. The quantitative estimate of drug-likeness (QED) is 0.343. The SMILES string of the molecule is CCCCC(CC(C)C)NC1=CCN=C(c2ccc(C(F)(F)F)cc2OC(F)F)C(/C=C(/C)N)=N1. The Morgan fingerprint density at radius 2 is 1.97 bits per heavy atom. The molecule has 0 aromatic heterocycles. The Balaban J connectivity index is 2.50. The average Bonchev–Trinajstić information content (AvgIpc) is 2.91. The molecule has 1 unspecified atom stereocenters. The maximum atomic E-state index is 13.2. The Bertz CT molecular complexity index is 977. The number of hydrogen-bond donors (Lipinski definition) is 2. The van der Waals surface area contributed by atoms with Crippen molar-refractivity contribution in [2.24, 2.45) is 21.6 Å². The number of alkyl halides is 5. The first-order chi connectivity index (χ1) is 16.4. The second-order valence-electron chi connectivity index (χ2n) is 8.86.